The number of benzene rings is 2. The Morgan fingerprint density at radius 1 is 1.18 bits per heavy atom. The molecule has 5 heteroatoms. The second-order valence-corrected chi connectivity index (χ2v) is 8.75. The zero-order valence-corrected chi connectivity index (χ0v) is 20.2. The highest BCUT2D eigenvalue weighted by Crippen LogP contribution is 2.41. The van der Waals surface area contributed by atoms with Gasteiger partial charge < -0.3 is 18.8 Å². The minimum atomic E-state index is 0.0847. The smallest absolute Gasteiger partial charge is 0.247 e. The van der Waals surface area contributed by atoms with Crippen LogP contribution in [0.3, 0.4) is 0 Å². The third kappa shape index (κ3) is 4.37. The van der Waals surface area contributed by atoms with Crippen molar-refractivity contribution in [1.29, 1.82) is 0 Å². The molecule has 3 aromatic rings. The monoisotopic (exact) mass is 447 g/mol. The molecule has 0 N–H and O–H groups in total. The summed E-state index contributed by atoms with van der Waals surface area (Å²) in [6.07, 6.45) is 7.90. The maximum Gasteiger partial charge on any atom is 0.247 e. The van der Waals surface area contributed by atoms with E-state index >= 15 is 0 Å². The van der Waals surface area contributed by atoms with Crippen molar-refractivity contribution in [1.82, 2.24) is 4.90 Å². The van der Waals surface area contributed by atoms with Crippen LogP contribution < -0.4 is 9.47 Å². The van der Waals surface area contributed by atoms with E-state index in [1.54, 1.807) is 26.6 Å². The molecule has 0 spiro atoms. The van der Waals surface area contributed by atoms with E-state index < -0.39 is 0 Å². The fourth-order valence-corrected chi connectivity index (χ4v) is 4.93. The molecule has 174 valence electrons. The lowest BCUT2D eigenvalue weighted by Crippen LogP contribution is -2.42. The summed E-state index contributed by atoms with van der Waals surface area (Å²) in [5.74, 6) is 1.64. The summed E-state index contributed by atoms with van der Waals surface area (Å²) in [4.78, 5) is 15.2. The van der Waals surface area contributed by atoms with Gasteiger partial charge in [0.2, 0.25) is 5.91 Å². The van der Waals surface area contributed by atoms with Crippen LogP contribution in [0.2, 0.25) is 0 Å². The molecule has 0 saturated carbocycles. The van der Waals surface area contributed by atoms with Gasteiger partial charge >= 0.3 is 0 Å². The van der Waals surface area contributed by atoms with Gasteiger partial charge in [-0.3, -0.25) is 4.79 Å². The molecule has 2 heterocycles. The van der Waals surface area contributed by atoms with Crippen LogP contribution in [0.4, 0.5) is 0 Å². The number of allylic oxidation sites excluding steroid dienone is 1. The second kappa shape index (κ2) is 9.74. The van der Waals surface area contributed by atoms with E-state index in [4.69, 9.17) is 13.9 Å². The standard InChI is InChI=1S/C28H33NO4/c1-6-21-9-7-8-14-29(21)26(30)15-18(2)23-16-24-25(20-10-12-22(31-4)13-11-20)17-33-28(24)19(3)27(23)32-5/h10-13,15-17,21H,6-9,14H2,1-5H3/b18-15+. The molecule has 33 heavy (non-hydrogen) atoms. The van der Waals surface area contributed by atoms with Crippen LogP contribution in [-0.4, -0.2) is 37.6 Å². The summed E-state index contributed by atoms with van der Waals surface area (Å²) in [6, 6.07) is 10.3. The van der Waals surface area contributed by atoms with Crippen molar-refractivity contribution in [2.45, 2.75) is 52.5 Å². The highest BCUT2D eigenvalue weighted by atomic mass is 16.5. The maximum absolute atomic E-state index is 13.2. The highest BCUT2D eigenvalue weighted by Gasteiger charge is 2.25. The predicted octanol–water partition coefficient (Wildman–Crippen LogP) is 6.62. The lowest BCUT2D eigenvalue weighted by molar-refractivity contribution is -0.129. The molecule has 0 aliphatic carbocycles. The Kier molecular flexibility index (Phi) is 6.77. The van der Waals surface area contributed by atoms with Gasteiger partial charge in [-0.2, -0.15) is 0 Å². The number of aryl methyl sites for hydroxylation is 1. The van der Waals surface area contributed by atoms with Crippen LogP contribution >= 0.6 is 0 Å². The number of furan rings is 1. The van der Waals surface area contributed by atoms with Crippen LogP contribution in [0.15, 0.2) is 47.1 Å². The van der Waals surface area contributed by atoms with Crippen LogP contribution in [-0.2, 0) is 4.79 Å². The molecular formula is C28H33NO4. The second-order valence-electron chi connectivity index (χ2n) is 8.75. The first kappa shape index (κ1) is 23.0. The number of hydrogen-bond acceptors (Lipinski definition) is 4. The topological polar surface area (TPSA) is 51.9 Å². The van der Waals surface area contributed by atoms with Gasteiger partial charge in [-0.05, 0) is 68.9 Å². The van der Waals surface area contributed by atoms with E-state index in [0.717, 1.165) is 76.1 Å². The molecule has 1 amide bonds. The van der Waals surface area contributed by atoms with Gasteiger partial charge in [-0.25, -0.2) is 0 Å². The number of amides is 1. The number of likely N-dealkylation sites (tertiary alicyclic amines) is 1. The lowest BCUT2D eigenvalue weighted by atomic mass is 9.95. The fraction of sp³-hybridized carbons (Fsp3) is 0.393. The maximum atomic E-state index is 13.2. The summed E-state index contributed by atoms with van der Waals surface area (Å²) >= 11 is 0. The zero-order chi connectivity index (χ0) is 23.5. The molecule has 5 nitrogen and oxygen atoms in total. The minimum absolute atomic E-state index is 0.0847. The molecule has 1 unspecified atom stereocenters. The van der Waals surface area contributed by atoms with E-state index in [9.17, 15) is 4.79 Å². The van der Waals surface area contributed by atoms with E-state index in [1.165, 1.54) is 6.42 Å². The van der Waals surface area contributed by atoms with Crippen LogP contribution in [0.5, 0.6) is 11.5 Å². The Balaban J connectivity index is 1.77. The first-order valence-corrected chi connectivity index (χ1v) is 11.7. The van der Waals surface area contributed by atoms with Crippen molar-refractivity contribution in [3.8, 4) is 22.6 Å². The van der Waals surface area contributed by atoms with Gasteiger partial charge in [0, 0.05) is 40.7 Å². The lowest BCUT2D eigenvalue weighted by Gasteiger charge is -2.34. The van der Waals surface area contributed by atoms with Gasteiger partial charge in [0.25, 0.3) is 0 Å². The molecule has 1 aromatic heterocycles. The SMILES string of the molecule is CCC1CCCCN1C(=O)/C=C(\C)c1cc2c(-c3ccc(OC)cc3)coc2c(C)c1OC. The fourth-order valence-electron chi connectivity index (χ4n) is 4.93. The normalized spacial score (nSPS) is 16.8. The summed E-state index contributed by atoms with van der Waals surface area (Å²) in [5, 5.41) is 0.998. The predicted molar refractivity (Wildman–Crippen MR) is 133 cm³/mol. The van der Waals surface area contributed by atoms with Crippen molar-refractivity contribution in [3.63, 3.8) is 0 Å². The highest BCUT2D eigenvalue weighted by molar-refractivity contribution is 6.01. The molecule has 0 bridgehead atoms. The number of piperidine rings is 1. The number of carbonyl (C=O) groups excluding carboxylic acids is 1. The Morgan fingerprint density at radius 3 is 2.61 bits per heavy atom. The number of hydrogen-bond donors (Lipinski definition) is 0. The largest absolute Gasteiger partial charge is 0.497 e. The van der Waals surface area contributed by atoms with Crippen molar-refractivity contribution in [2.75, 3.05) is 20.8 Å². The molecule has 4 rings (SSSR count). The first-order chi connectivity index (χ1) is 16.0. The van der Waals surface area contributed by atoms with Crippen molar-refractivity contribution in [2.24, 2.45) is 0 Å². The molecule has 1 fully saturated rings. The number of ether oxygens (including phenoxy) is 2. The van der Waals surface area contributed by atoms with Gasteiger partial charge in [0.1, 0.15) is 17.1 Å². The van der Waals surface area contributed by atoms with Crippen LogP contribution in [0.1, 0.15) is 50.7 Å². The number of carbonyl (C=O) groups is 1. The number of fused-ring (bicyclic) bond motifs is 1. The minimum Gasteiger partial charge on any atom is -0.497 e. The summed E-state index contributed by atoms with van der Waals surface area (Å²) in [6.45, 7) is 6.98. The summed E-state index contributed by atoms with van der Waals surface area (Å²) < 4.78 is 17.0. The molecule has 0 radical (unpaired) electrons. The summed E-state index contributed by atoms with van der Waals surface area (Å²) in [7, 11) is 3.32. The van der Waals surface area contributed by atoms with E-state index in [1.807, 2.05) is 43.0 Å². The van der Waals surface area contributed by atoms with E-state index in [2.05, 4.69) is 13.0 Å². The zero-order valence-electron chi connectivity index (χ0n) is 20.2. The van der Waals surface area contributed by atoms with Crippen LogP contribution in [0.25, 0.3) is 27.7 Å². The Bertz CT molecular complexity index is 1170. The average molecular weight is 448 g/mol. The molecule has 1 atom stereocenters. The number of methoxy groups -OCH3 is 2. The molecule has 1 aliphatic rings. The average Bonchev–Trinajstić information content (AvgIpc) is 3.28. The van der Waals surface area contributed by atoms with Gasteiger partial charge in [0.15, 0.2) is 0 Å². The van der Waals surface area contributed by atoms with Gasteiger partial charge in [0.05, 0.1) is 20.5 Å². The third-order valence-corrected chi connectivity index (χ3v) is 6.80. The van der Waals surface area contributed by atoms with Crippen LogP contribution in [0, 0.1) is 6.92 Å². The van der Waals surface area contributed by atoms with Crippen molar-refractivity contribution in [3.05, 3.63) is 53.8 Å². The van der Waals surface area contributed by atoms with Crippen molar-refractivity contribution >= 4 is 22.4 Å². The Labute approximate surface area is 196 Å². The van der Waals surface area contributed by atoms with Crippen molar-refractivity contribution < 1.29 is 18.7 Å². The molecule has 1 aliphatic heterocycles. The first-order valence-electron chi connectivity index (χ1n) is 11.7. The van der Waals surface area contributed by atoms with Gasteiger partial charge in [-0.1, -0.05) is 19.1 Å². The van der Waals surface area contributed by atoms with Gasteiger partial charge in [-0.15, -0.1) is 0 Å². The molecule has 2 aromatic carbocycles. The third-order valence-electron chi connectivity index (χ3n) is 6.80. The number of rotatable bonds is 6. The quantitative estimate of drug-likeness (QED) is 0.399. The summed E-state index contributed by atoms with van der Waals surface area (Å²) in [5.41, 5.74) is 5.57. The van der Waals surface area contributed by atoms with E-state index in [0.29, 0.717) is 6.04 Å². The molecule has 1 saturated heterocycles. The molecular weight excluding hydrogens is 414 g/mol. The Hall–Kier alpha value is -3.21. The van der Waals surface area contributed by atoms with E-state index in [-0.39, 0.29) is 5.91 Å². The Morgan fingerprint density at radius 2 is 1.94 bits per heavy atom. The number of nitrogens with zero attached hydrogens (tertiary/aromatic N) is 1.